The first kappa shape index (κ1) is 11.4. The van der Waals surface area contributed by atoms with Crippen molar-refractivity contribution in [1.29, 1.82) is 0 Å². The van der Waals surface area contributed by atoms with Crippen molar-refractivity contribution in [2.45, 2.75) is 13.0 Å². The second kappa shape index (κ2) is 5.32. The molecule has 16 heavy (non-hydrogen) atoms. The SMILES string of the molecule is CC(CN1CCOCC1)Nc1nccn1C. The highest BCUT2D eigenvalue weighted by molar-refractivity contribution is 5.26. The fourth-order valence-corrected chi connectivity index (χ4v) is 1.94. The Morgan fingerprint density at radius 3 is 2.88 bits per heavy atom. The molecule has 0 saturated carbocycles. The molecule has 0 spiro atoms. The molecule has 5 heteroatoms. The minimum absolute atomic E-state index is 0.402. The lowest BCUT2D eigenvalue weighted by Crippen LogP contribution is -2.42. The molecule has 1 unspecified atom stereocenters. The molecule has 0 aromatic carbocycles. The summed E-state index contributed by atoms with van der Waals surface area (Å²) in [6.45, 7) is 7.00. The van der Waals surface area contributed by atoms with Crippen molar-refractivity contribution in [3.8, 4) is 0 Å². The fraction of sp³-hybridized carbons (Fsp3) is 0.727. The van der Waals surface area contributed by atoms with Crippen LogP contribution >= 0.6 is 0 Å². The van der Waals surface area contributed by atoms with Gasteiger partial charge in [0.2, 0.25) is 5.95 Å². The third-order valence-corrected chi connectivity index (χ3v) is 2.83. The molecule has 1 atom stereocenters. The second-order valence-electron chi connectivity index (χ2n) is 4.32. The van der Waals surface area contributed by atoms with E-state index >= 15 is 0 Å². The van der Waals surface area contributed by atoms with Gasteiger partial charge in [0, 0.05) is 45.1 Å². The monoisotopic (exact) mass is 224 g/mol. The van der Waals surface area contributed by atoms with Crippen LogP contribution in [0.25, 0.3) is 0 Å². The summed E-state index contributed by atoms with van der Waals surface area (Å²) in [6, 6.07) is 0.402. The standard InChI is InChI=1S/C11H20N4O/c1-10(9-15-5-7-16-8-6-15)13-11-12-3-4-14(11)2/h3-4,10H,5-9H2,1-2H3,(H,12,13). The number of ether oxygens (including phenoxy) is 1. The molecule has 90 valence electrons. The predicted octanol–water partition coefficient (Wildman–Crippen LogP) is 0.553. The van der Waals surface area contributed by atoms with E-state index < -0.39 is 0 Å². The van der Waals surface area contributed by atoms with Gasteiger partial charge in [-0.1, -0.05) is 0 Å². The van der Waals surface area contributed by atoms with E-state index in [9.17, 15) is 0 Å². The molecular weight excluding hydrogens is 204 g/mol. The van der Waals surface area contributed by atoms with Crippen LogP contribution in [0.1, 0.15) is 6.92 Å². The number of aromatic nitrogens is 2. The number of aryl methyl sites for hydroxylation is 1. The van der Waals surface area contributed by atoms with E-state index in [4.69, 9.17) is 4.74 Å². The first-order valence-electron chi connectivity index (χ1n) is 5.79. The van der Waals surface area contributed by atoms with E-state index in [0.717, 1.165) is 38.8 Å². The number of anilines is 1. The van der Waals surface area contributed by atoms with Gasteiger partial charge in [0.05, 0.1) is 13.2 Å². The van der Waals surface area contributed by atoms with Crippen LogP contribution in [0.4, 0.5) is 5.95 Å². The topological polar surface area (TPSA) is 42.3 Å². The van der Waals surface area contributed by atoms with Crippen LogP contribution in [0.2, 0.25) is 0 Å². The Morgan fingerprint density at radius 2 is 2.25 bits per heavy atom. The van der Waals surface area contributed by atoms with Crippen LogP contribution in [-0.4, -0.2) is 53.3 Å². The fourth-order valence-electron chi connectivity index (χ4n) is 1.94. The summed E-state index contributed by atoms with van der Waals surface area (Å²) in [5.74, 6) is 0.931. The number of rotatable bonds is 4. The number of nitrogens with one attached hydrogen (secondary N) is 1. The molecule has 0 amide bonds. The number of hydrogen-bond donors (Lipinski definition) is 1. The van der Waals surface area contributed by atoms with Crippen LogP contribution in [-0.2, 0) is 11.8 Å². The summed E-state index contributed by atoms with van der Waals surface area (Å²) in [4.78, 5) is 6.68. The molecule has 0 aliphatic carbocycles. The predicted molar refractivity (Wildman–Crippen MR) is 63.6 cm³/mol. The highest BCUT2D eigenvalue weighted by Gasteiger charge is 2.14. The van der Waals surface area contributed by atoms with Gasteiger partial charge in [-0.3, -0.25) is 4.90 Å². The number of nitrogens with zero attached hydrogens (tertiary/aromatic N) is 3. The minimum atomic E-state index is 0.402. The van der Waals surface area contributed by atoms with Crippen LogP contribution in [0.15, 0.2) is 12.4 Å². The Hall–Kier alpha value is -1.07. The second-order valence-corrected chi connectivity index (χ2v) is 4.32. The molecule has 0 bridgehead atoms. The highest BCUT2D eigenvalue weighted by atomic mass is 16.5. The van der Waals surface area contributed by atoms with Crippen molar-refractivity contribution in [2.75, 3.05) is 38.2 Å². The Bertz CT molecular complexity index is 320. The van der Waals surface area contributed by atoms with E-state index in [-0.39, 0.29) is 0 Å². The Morgan fingerprint density at radius 1 is 1.50 bits per heavy atom. The largest absolute Gasteiger partial charge is 0.379 e. The lowest BCUT2D eigenvalue weighted by Gasteiger charge is -2.29. The number of imidazole rings is 1. The van der Waals surface area contributed by atoms with Crippen LogP contribution in [0.3, 0.4) is 0 Å². The summed E-state index contributed by atoms with van der Waals surface area (Å²) < 4.78 is 7.32. The van der Waals surface area contributed by atoms with E-state index in [2.05, 4.69) is 22.1 Å². The molecule has 1 saturated heterocycles. The number of hydrogen-bond acceptors (Lipinski definition) is 4. The molecule has 5 nitrogen and oxygen atoms in total. The average Bonchev–Trinajstić information content (AvgIpc) is 2.66. The first-order chi connectivity index (χ1) is 7.75. The van der Waals surface area contributed by atoms with Crippen molar-refractivity contribution in [3.63, 3.8) is 0 Å². The summed E-state index contributed by atoms with van der Waals surface area (Å²) in [7, 11) is 2.00. The lowest BCUT2D eigenvalue weighted by atomic mass is 10.3. The highest BCUT2D eigenvalue weighted by Crippen LogP contribution is 2.05. The molecule has 1 fully saturated rings. The van der Waals surface area contributed by atoms with E-state index in [1.165, 1.54) is 0 Å². The van der Waals surface area contributed by atoms with E-state index in [1.807, 2.05) is 24.0 Å². The maximum atomic E-state index is 5.33. The van der Waals surface area contributed by atoms with Crippen molar-refractivity contribution in [3.05, 3.63) is 12.4 Å². The zero-order chi connectivity index (χ0) is 11.4. The van der Waals surface area contributed by atoms with Crippen molar-refractivity contribution >= 4 is 5.95 Å². The van der Waals surface area contributed by atoms with Gasteiger partial charge in [0.15, 0.2) is 0 Å². The maximum Gasteiger partial charge on any atom is 0.202 e. The van der Waals surface area contributed by atoms with Gasteiger partial charge in [-0.15, -0.1) is 0 Å². The average molecular weight is 224 g/mol. The minimum Gasteiger partial charge on any atom is -0.379 e. The third-order valence-electron chi connectivity index (χ3n) is 2.83. The summed E-state index contributed by atoms with van der Waals surface area (Å²) in [6.07, 6.45) is 3.76. The van der Waals surface area contributed by atoms with E-state index in [0.29, 0.717) is 6.04 Å². The van der Waals surface area contributed by atoms with E-state index in [1.54, 1.807) is 0 Å². The quantitative estimate of drug-likeness (QED) is 0.811. The van der Waals surface area contributed by atoms with Crippen LogP contribution in [0, 0.1) is 0 Å². The van der Waals surface area contributed by atoms with Gasteiger partial charge >= 0.3 is 0 Å². The van der Waals surface area contributed by atoms with Gasteiger partial charge in [0.25, 0.3) is 0 Å². The lowest BCUT2D eigenvalue weighted by molar-refractivity contribution is 0.0367. The molecule has 1 N–H and O–H groups in total. The van der Waals surface area contributed by atoms with Crippen LogP contribution in [0.5, 0.6) is 0 Å². The van der Waals surface area contributed by atoms with Crippen molar-refractivity contribution in [2.24, 2.45) is 7.05 Å². The molecule has 1 aliphatic heterocycles. The van der Waals surface area contributed by atoms with Gasteiger partial charge in [-0.2, -0.15) is 0 Å². The Balaban J connectivity index is 1.79. The molecular formula is C11H20N4O. The molecule has 1 aromatic heterocycles. The maximum absolute atomic E-state index is 5.33. The zero-order valence-electron chi connectivity index (χ0n) is 10.0. The van der Waals surface area contributed by atoms with Crippen LogP contribution < -0.4 is 5.32 Å². The van der Waals surface area contributed by atoms with Crippen molar-refractivity contribution < 1.29 is 4.74 Å². The zero-order valence-corrected chi connectivity index (χ0v) is 10.0. The molecule has 1 aromatic rings. The smallest absolute Gasteiger partial charge is 0.202 e. The molecule has 2 heterocycles. The van der Waals surface area contributed by atoms with Gasteiger partial charge in [-0.25, -0.2) is 4.98 Å². The Kier molecular flexibility index (Phi) is 3.79. The third kappa shape index (κ3) is 2.96. The van der Waals surface area contributed by atoms with Gasteiger partial charge in [0.1, 0.15) is 0 Å². The van der Waals surface area contributed by atoms with Gasteiger partial charge in [-0.05, 0) is 6.92 Å². The number of morpholine rings is 1. The summed E-state index contributed by atoms with van der Waals surface area (Å²) in [5.41, 5.74) is 0. The summed E-state index contributed by atoms with van der Waals surface area (Å²) in [5, 5.41) is 3.41. The molecule has 0 radical (unpaired) electrons. The normalized spacial score (nSPS) is 19.6. The Labute approximate surface area is 96.4 Å². The molecule has 2 rings (SSSR count). The first-order valence-corrected chi connectivity index (χ1v) is 5.79. The van der Waals surface area contributed by atoms with Crippen molar-refractivity contribution in [1.82, 2.24) is 14.5 Å². The molecule has 1 aliphatic rings. The van der Waals surface area contributed by atoms with Gasteiger partial charge < -0.3 is 14.6 Å². The summed E-state index contributed by atoms with van der Waals surface area (Å²) >= 11 is 0.